The lowest BCUT2D eigenvalue weighted by atomic mass is 10.00. The van der Waals surface area contributed by atoms with Crippen LogP contribution in [0.15, 0.2) is 58.0 Å². The Morgan fingerprint density at radius 1 is 1.09 bits per heavy atom. The van der Waals surface area contributed by atoms with Crippen LogP contribution in [-0.2, 0) is 26.0 Å². The van der Waals surface area contributed by atoms with E-state index in [4.69, 9.17) is 9.15 Å². The van der Waals surface area contributed by atoms with Gasteiger partial charge in [-0.25, -0.2) is 8.42 Å². The van der Waals surface area contributed by atoms with Crippen LogP contribution in [0.4, 0.5) is 5.69 Å². The van der Waals surface area contributed by atoms with Crippen LogP contribution >= 0.6 is 0 Å². The topological polar surface area (TPSA) is 88.8 Å². The number of rotatable bonds is 6. The minimum absolute atomic E-state index is 0.155. The molecule has 0 unspecified atom stereocenters. The summed E-state index contributed by atoms with van der Waals surface area (Å²) in [4.78, 5) is 12.8. The molecule has 0 aliphatic carbocycles. The van der Waals surface area contributed by atoms with E-state index in [1.165, 1.54) is 22.0 Å². The molecule has 1 saturated heterocycles. The SMILES string of the molecule is CC(C)c1ccc2occ(CC(=O)Nc3ccc(S(=O)(=O)N4C[C@@H](C)O[C@H](C)C4)cc3)c2c1. The molecule has 7 nitrogen and oxygen atoms in total. The van der Waals surface area contributed by atoms with Crippen molar-refractivity contribution in [3.8, 4) is 0 Å². The minimum atomic E-state index is -3.62. The number of benzene rings is 2. The highest BCUT2D eigenvalue weighted by atomic mass is 32.2. The van der Waals surface area contributed by atoms with Crippen molar-refractivity contribution in [1.82, 2.24) is 4.31 Å². The number of nitrogens with one attached hydrogen (secondary N) is 1. The standard InChI is InChI=1S/C25H30N2O5S/c1-16(2)19-5-10-24-23(11-19)20(15-31-24)12-25(28)26-21-6-8-22(9-7-21)33(29,30)27-13-17(3)32-18(4)14-27/h5-11,15-18H,12-14H2,1-4H3,(H,26,28)/t17-,18-/m1/s1. The minimum Gasteiger partial charge on any atom is -0.464 e. The Morgan fingerprint density at radius 3 is 2.39 bits per heavy atom. The van der Waals surface area contributed by atoms with Crippen LogP contribution in [0, 0.1) is 0 Å². The molecule has 3 aromatic rings. The molecule has 1 N–H and O–H groups in total. The van der Waals surface area contributed by atoms with E-state index in [-0.39, 0.29) is 29.4 Å². The zero-order chi connectivity index (χ0) is 23.8. The molecule has 176 valence electrons. The zero-order valence-electron chi connectivity index (χ0n) is 19.4. The van der Waals surface area contributed by atoms with Crippen molar-refractivity contribution in [3.63, 3.8) is 0 Å². The lowest BCUT2D eigenvalue weighted by Gasteiger charge is -2.34. The molecule has 2 atom stereocenters. The third-order valence-corrected chi connectivity index (χ3v) is 7.70. The molecule has 33 heavy (non-hydrogen) atoms. The Bertz CT molecular complexity index is 1240. The summed E-state index contributed by atoms with van der Waals surface area (Å²) < 4.78 is 38.7. The fourth-order valence-electron chi connectivity index (χ4n) is 4.16. The van der Waals surface area contributed by atoms with Gasteiger partial charge in [0, 0.05) is 29.7 Å². The van der Waals surface area contributed by atoms with Crippen LogP contribution in [0.3, 0.4) is 0 Å². The number of ether oxygens (including phenoxy) is 1. The predicted octanol–water partition coefficient (Wildman–Crippen LogP) is 4.54. The molecule has 2 aromatic carbocycles. The Labute approximate surface area is 194 Å². The first-order chi connectivity index (χ1) is 15.6. The number of amides is 1. The number of carbonyl (C=O) groups is 1. The maximum absolute atomic E-state index is 13.0. The van der Waals surface area contributed by atoms with E-state index >= 15 is 0 Å². The second-order valence-corrected chi connectivity index (χ2v) is 10.9. The number of furan rings is 1. The lowest BCUT2D eigenvalue weighted by Crippen LogP contribution is -2.48. The van der Waals surface area contributed by atoms with E-state index < -0.39 is 10.0 Å². The molecule has 1 fully saturated rings. The molecule has 2 heterocycles. The third-order valence-electron chi connectivity index (χ3n) is 5.86. The Morgan fingerprint density at radius 2 is 1.76 bits per heavy atom. The largest absolute Gasteiger partial charge is 0.464 e. The fraction of sp³-hybridized carbons (Fsp3) is 0.400. The van der Waals surface area contributed by atoms with Crippen molar-refractivity contribution in [2.45, 2.75) is 57.1 Å². The second-order valence-electron chi connectivity index (χ2n) is 9.00. The smallest absolute Gasteiger partial charge is 0.243 e. The number of carbonyl (C=O) groups excluding carboxylic acids is 1. The van der Waals surface area contributed by atoms with Crippen LogP contribution < -0.4 is 5.32 Å². The molecule has 0 saturated carbocycles. The van der Waals surface area contributed by atoms with Crippen LogP contribution in [0.1, 0.15) is 44.7 Å². The number of nitrogens with zero attached hydrogens (tertiary/aromatic N) is 1. The van der Waals surface area contributed by atoms with Gasteiger partial charge in [-0.05, 0) is 61.7 Å². The van der Waals surface area contributed by atoms with Crippen LogP contribution in [0.2, 0.25) is 0 Å². The van der Waals surface area contributed by atoms with Gasteiger partial charge in [0.2, 0.25) is 15.9 Å². The van der Waals surface area contributed by atoms with Crippen molar-refractivity contribution >= 4 is 32.6 Å². The van der Waals surface area contributed by atoms with Gasteiger partial charge in [-0.3, -0.25) is 4.79 Å². The number of hydrogen-bond donors (Lipinski definition) is 1. The van der Waals surface area contributed by atoms with E-state index in [0.717, 1.165) is 16.5 Å². The number of anilines is 1. The molecule has 1 amide bonds. The second kappa shape index (κ2) is 9.29. The van der Waals surface area contributed by atoms with Crippen LogP contribution in [0.25, 0.3) is 11.0 Å². The molecular weight excluding hydrogens is 440 g/mol. The first-order valence-corrected chi connectivity index (χ1v) is 12.6. The first kappa shape index (κ1) is 23.5. The van der Waals surface area contributed by atoms with Gasteiger partial charge in [-0.1, -0.05) is 19.9 Å². The number of hydrogen-bond acceptors (Lipinski definition) is 5. The third kappa shape index (κ3) is 5.13. The summed E-state index contributed by atoms with van der Waals surface area (Å²) in [5.74, 6) is 0.184. The Balaban J connectivity index is 1.44. The predicted molar refractivity (Wildman–Crippen MR) is 128 cm³/mol. The van der Waals surface area contributed by atoms with Crippen molar-refractivity contribution in [2.24, 2.45) is 0 Å². The summed E-state index contributed by atoms with van der Waals surface area (Å²) in [5, 5.41) is 3.78. The van der Waals surface area contributed by atoms with E-state index in [1.807, 2.05) is 26.0 Å². The van der Waals surface area contributed by atoms with Gasteiger partial charge in [0.05, 0.1) is 29.8 Å². The Kier molecular flexibility index (Phi) is 6.61. The first-order valence-electron chi connectivity index (χ1n) is 11.2. The fourth-order valence-corrected chi connectivity index (χ4v) is 5.75. The number of sulfonamides is 1. The molecular formula is C25H30N2O5S. The molecule has 1 aliphatic rings. The average Bonchev–Trinajstić information content (AvgIpc) is 3.15. The maximum Gasteiger partial charge on any atom is 0.243 e. The van der Waals surface area contributed by atoms with Crippen LogP contribution in [0.5, 0.6) is 0 Å². The molecule has 8 heteroatoms. The molecule has 4 rings (SSSR count). The maximum atomic E-state index is 13.0. The highest BCUT2D eigenvalue weighted by molar-refractivity contribution is 7.89. The van der Waals surface area contributed by atoms with E-state index in [0.29, 0.717) is 24.7 Å². The molecule has 0 spiro atoms. The van der Waals surface area contributed by atoms with Crippen molar-refractivity contribution in [2.75, 3.05) is 18.4 Å². The zero-order valence-corrected chi connectivity index (χ0v) is 20.2. The highest BCUT2D eigenvalue weighted by Gasteiger charge is 2.32. The van der Waals surface area contributed by atoms with Gasteiger partial charge >= 0.3 is 0 Å². The summed E-state index contributed by atoms with van der Waals surface area (Å²) in [5.41, 5.74) is 3.30. The van der Waals surface area contributed by atoms with E-state index in [9.17, 15) is 13.2 Å². The van der Waals surface area contributed by atoms with Gasteiger partial charge < -0.3 is 14.5 Å². The molecule has 0 radical (unpaired) electrons. The van der Waals surface area contributed by atoms with Crippen molar-refractivity contribution in [3.05, 3.63) is 59.9 Å². The molecule has 1 aliphatic heterocycles. The summed E-state index contributed by atoms with van der Waals surface area (Å²) in [6, 6.07) is 12.3. The van der Waals surface area contributed by atoms with Gasteiger partial charge in [-0.2, -0.15) is 4.31 Å². The Hall–Kier alpha value is -2.68. The quantitative estimate of drug-likeness (QED) is 0.572. The average molecular weight is 471 g/mol. The van der Waals surface area contributed by atoms with Crippen molar-refractivity contribution < 1.29 is 22.4 Å². The van der Waals surface area contributed by atoms with Crippen LogP contribution in [-0.4, -0.2) is 43.9 Å². The summed E-state index contributed by atoms with van der Waals surface area (Å²) in [6.07, 6.45) is 1.47. The number of fused-ring (bicyclic) bond motifs is 1. The van der Waals surface area contributed by atoms with E-state index in [2.05, 4.69) is 25.2 Å². The molecule has 0 bridgehead atoms. The monoisotopic (exact) mass is 470 g/mol. The van der Waals surface area contributed by atoms with Gasteiger partial charge in [0.15, 0.2) is 0 Å². The number of morpholine rings is 1. The summed E-state index contributed by atoms with van der Waals surface area (Å²) >= 11 is 0. The van der Waals surface area contributed by atoms with Gasteiger partial charge in [0.25, 0.3) is 0 Å². The molecule has 1 aromatic heterocycles. The van der Waals surface area contributed by atoms with Gasteiger partial charge in [-0.15, -0.1) is 0 Å². The van der Waals surface area contributed by atoms with Crippen molar-refractivity contribution in [1.29, 1.82) is 0 Å². The van der Waals surface area contributed by atoms with Gasteiger partial charge in [0.1, 0.15) is 5.58 Å². The summed E-state index contributed by atoms with van der Waals surface area (Å²) in [7, 11) is -3.62. The summed E-state index contributed by atoms with van der Waals surface area (Å²) in [6.45, 7) is 8.62. The highest BCUT2D eigenvalue weighted by Crippen LogP contribution is 2.27. The normalized spacial score (nSPS) is 19.8. The lowest BCUT2D eigenvalue weighted by molar-refractivity contribution is -0.115. The van der Waals surface area contributed by atoms with E-state index in [1.54, 1.807) is 18.4 Å².